The van der Waals surface area contributed by atoms with Crippen molar-refractivity contribution in [2.75, 3.05) is 36.6 Å². The molecule has 7 heteroatoms. The lowest BCUT2D eigenvalue weighted by atomic mass is 10.1. The van der Waals surface area contributed by atoms with Gasteiger partial charge in [0, 0.05) is 30.6 Å². The second-order valence-electron chi connectivity index (χ2n) is 6.99. The molecule has 3 rings (SSSR count). The van der Waals surface area contributed by atoms with Crippen LogP contribution in [0.15, 0.2) is 53.4 Å². The zero-order valence-corrected chi connectivity index (χ0v) is 17.5. The topological polar surface area (TPSA) is 69.7 Å². The van der Waals surface area contributed by atoms with Gasteiger partial charge in [0.25, 0.3) is 0 Å². The van der Waals surface area contributed by atoms with Gasteiger partial charge in [0.2, 0.25) is 17.7 Å². The van der Waals surface area contributed by atoms with Crippen LogP contribution in [0.4, 0.5) is 11.4 Å². The smallest absolute Gasteiger partial charge is 0.244 e. The number of benzene rings is 2. The number of nitrogens with zero attached hydrogens (tertiary/aromatic N) is 2. The van der Waals surface area contributed by atoms with E-state index < -0.39 is 0 Å². The highest BCUT2D eigenvalue weighted by Crippen LogP contribution is 2.24. The highest BCUT2D eigenvalue weighted by atomic mass is 32.2. The fraction of sp³-hybridized carbons (Fsp3) is 0.318. The summed E-state index contributed by atoms with van der Waals surface area (Å²) in [5.41, 5.74) is 2.46. The molecule has 6 nitrogen and oxygen atoms in total. The number of thioether (sulfide) groups is 1. The zero-order chi connectivity index (χ0) is 20.8. The van der Waals surface area contributed by atoms with Crippen LogP contribution in [0.5, 0.6) is 0 Å². The van der Waals surface area contributed by atoms with E-state index in [0.717, 1.165) is 34.8 Å². The van der Waals surface area contributed by atoms with Crippen molar-refractivity contribution in [3.63, 3.8) is 0 Å². The van der Waals surface area contributed by atoms with E-state index in [1.807, 2.05) is 54.8 Å². The van der Waals surface area contributed by atoms with E-state index in [4.69, 9.17) is 0 Å². The third-order valence-corrected chi connectivity index (χ3v) is 5.66. The first-order valence-corrected chi connectivity index (χ1v) is 10.8. The molecule has 1 fully saturated rings. The molecule has 1 heterocycles. The summed E-state index contributed by atoms with van der Waals surface area (Å²) in [6, 6.07) is 15.0. The summed E-state index contributed by atoms with van der Waals surface area (Å²) in [5, 5.41) is 2.86. The standard InChI is InChI=1S/C22H25N3O3S/c1-24(15-20(26)23-18-6-3-4-7-19(18)29-2)22(28)14-16-9-11-17(12-10-16)25-13-5-8-21(25)27/h3-4,6-7,9-12H,5,8,13-15H2,1-2H3,(H,23,26). The molecule has 0 saturated carbocycles. The minimum absolute atomic E-state index is 0.0120. The molecule has 0 unspecified atom stereocenters. The lowest BCUT2D eigenvalue weighted by molar-refractivity contribution is -0.132. The van der Waals surface area contributed by atoms with Gasteiger partial charge in [0.05, 0.1) is 18.7 Å². The summed E-state index contributed by atoms with van der Waals surface area (Å²) >= 11 is 1.55. The predicted octanol–water partition coefficient (Wildman–Crippen LogP) is 3.17. The Hall–Kier alpha value is -2.80. The van der Waals surface area contributed by atoms with Crippen LogP contribution in [0.1, 0.15) is 18.4 Å². The van der Waals surface area contributed by atoms with Gasteiger partial charge in [0.15, 0.2) is 0 Å². The number of nitrogens with one attached hydrogen (secondary N) is 1. The van der Waals surface area contributed by atoms with E-state index >= 15 is 0 Å². The van der Waals surface area contributed by atoms with E-state index in [0.29, 0.717) is 6.42 Å². The Balaban J connectivity index is 1.53. The van der Waals surface area contributed by atoms with Crippen LogP contribution in [-0.4, -0.2) is 49.0 Å². The lowest BCUT2D eigenvalue weighted by Crippen LogP contribution is -2.35. The Bertz CT molecular complexity index is 898. The van der Waals surface area contributed by atoms with Crippen molar-refractivity contribution in [2.45, 2.75) is 24.2 Å². The Morgan fingerprint density at radius 1 is 1.14 bits per heavy atom. The molecule has 2 aromatic rings. The van der Waals surface area contributed by atoms with Gasteiger partial charge in [0.1, 0.15) is 0 Å². The van der Waals surface area contributed by atoms with E-state index in [9.17, 15) is 14.4 Å². The van der Waals surface area contributed by atoms with Crippen LogP contribution in [0, 0.1) is 0 Å². The number of rotatable bonds is 7. The SMILES string of the molecule is CSc1ccccc1NC(=O)CN(C)C(=O)Cc1ccc(N2CCCC2=O)cc1. The van der Waals surface area contributed by atoms with Gasteiger partial charge in [-0.1, -0.05) is 24.3 Å². The Labute approximate surface area is 175 Å². The zero-order valence-electron chi connectivity index (χ0n) is 16.7. The molecule has 3 amide bonds. The first-order valence-electron chi connectivity index (χ1n) is 9.54. The van der Waals surface area contributed by atoms with Crippen molar-refractivity contribution in [1.82, 2.24) is 4.90 Å². The van der Waals surface area contributed by atoms with Gasteiger partial charge in [-0.3, -0.25) is 14.4 Å². The highest BCUT2D eigenvalue weighted by molar-refractivity contribution is 7.98. The van der Waals surface area contributed by atoms with Gasteiger partial charge in [-0.2, -0.15) is 0 Å². The maximum Gasteiger partial charge on any atom is 0.244 e. The van der Waals surface area contributed by atoms with Crippen molar-refractivity contribution in [2.24, 2.45) is 0 Å². The largest absolute Gasteiger partial charge is 0.336 e. The summed E-state index contributed by atoms with van der Waals surface area (Å²) in [5.74, 6) is -0.226. The average Bonchev–Trinajstić information content (AvgIpc) is 3.14. The minimum Gasteiger partial charge on any atom is -0.336 e. The minimum atomic E-state index is -0.231. The third kappa shape index (κ3) is 5.38. The molecule has 2 aromatic carbocycles. The Morgan fingerprint density at radius 2 is 1.86 bits per heavy atom. The molecule has 1 aliphatic rings. The Morgan fingerprint density at radius 3 is 2.52 bits per heavy atom. The molecule has 29 heavy (non-hydrogen) atoms. The third-order valence-electron chi connectivity index (χ3n) is 4.86. The monoisotopic (exact) mass is 411 g/mol. The average molecular weight is 412 g/mol. The van der Waals surface area contributed by atoms with Crippen molar-refractivity contribution >= 4 is 40.9 Å². The molecule has 0 bridgehead atoms. The highest BCUT2D eigenvalue weighted by Gasteiger charge is 2.21. The second kappa shape index (κ2) is 9.60. The summed E-state index contributed by atoms with van der Waals surface area (Å²) in [7, 11) is 1.62. The van der Waals surface area contributed by atoms with Crippen molar-refractivity contribution in [1.29, 1.82) is 0 Å². The van der Waals surface area contributed by atoms with Gasteiger partial charge >= 0.3 is 0 Å². The number of hydrogen-bond acceptors (Lipinski definition) is 4. The molecule has 0 radical (unpaired) electrons. The number of carbonyl (C=O) groups excluding carboxylic acids is 3. The maximum atomic E-state index is 12.5. The number of anilines is 2. The molecule has 1 saturated heterocycles. The predicted molar refractivity (Wildman–Crippen MR) is 116 cm³/mol. The molecule has 0 aliphatic carbocycles. The van der Waals surface area contributed by atoms with Gasteiger partial charge in [-0.15, -0.1) is 11.8 Å². The molecular formula is C22H25N3O3S. The summed E-state index contributed by atoms with van der Waals surface area (Å²) in [6.45, 7) is 0.733. The molecule has 0 aromatic heterocycles. The van der Waals surface area contributed by atoms with Crippen LogP contribution in [0.3, 0.4) is 0 Å². The quantitative estimate of drug-likeness (QED) is 0.711. The van der Waals surface area contributed by atoms with Crippen LogP contribution < -0.4 is 10.2 Å². The lowest BCUT2D eigenvalue weighted by Gasteiger charge is -2.18. The second-order valence-corrected chi connectivity index (χ2v) is 7.84. The van der Waals surface area contributed by atoms with Crippen LogP contribution in [-0.2, 0) is 20.8 Å². The Kier molecular flexibility index (Phi) is 6.93. The van der Waals surface area contributed by atoms with Gasteiger partial charge < -0.3 is 15.1 Å². The fourth-order valence-electron chi connectivity index (χ4n) is 3.27. The molecule has 1 aliphatic heterocycles. The van der Waals surface area contributed by atoms with Crippen molar-refractivity contribution in [3.8, 4) is 0 Å². The maximum absolute atomic E-state index is 12.5. The fourth-order valence-corrected chi connectivity index (χ4v) is 3.82. The van der Waals surface area contributed by atoms with Crippen LogP contribution >= 0.6 is 11.8 Å². The summed E-state index contributed by atoms with van der Waals surface area (Å²) in [6.07, 6.45) is 3.63. The molecule has 152 valence electrons. The van der Waals surface area contributed by atoms with Crippen molar-refractivity contribution in [3.05, 3.63) is 54.1 Å². The number of carbonyl (C=O) groups is 3. The van der Waals surface area contributed by atoms with E-state index in [1.54, 1.807) is 23.7 Å². The molecule has 1 N–H and O–H groups in total. The first-order chi connectivity index (χ1) is 14.0. The molecular weight excluding hydrogens is 386 g/mol. The van der Waals surface area contributed by atoms with E-state index in [-0.39, 0.29) is 30.7 Å². The number of hydrogen-bond donors (Lipinski definition) is 1. The van der Waals surface area contributed by atoms with Crippen LogP contribution in [0.2, 0.25) is 0 Å². The van der Waals surface area contributed by atoms with Gasteiger partial charge in [-0.05, 0) is 42.5 Å². The van der Waals surface area contributed by atoms with E-state index in [1.165, 1.54) is 4.90 Å². The number of likely N-dealkylation sites (N-methyl/N-ethyl adjacent to an activating group) is 1. The van der Waals surface area contributed by atoms with E-state index in [2.05, 4.69) is 5.32 Å². The normalized spacial score (nSPS) is 13.4. The molecule has 0 spiro atoms. The number of para-hydroxylation sites is 1. The van der Waals surface area contributed by atoms with Crippen molar-refractivity contribution < 1.29 is 14.4 Å². The molecule has 0 atom stereocenters. The first kappa shape index (κ1) is 20.9. The van der Waals surface area contributed by atoms with Crippen LogP contribution in [0.25, 0.3) is 0 Å². The summed E-state index contributed by atoms with van der Waals surface area (Å²) in [4.78, 5) is 40.8. The number of amides is 3. The van der Waals surface area contributed by atoms with Gasteiger partial charge in [-0.25, -0.2) is 0 Å². The summed E-state index contributed by atoms with van der Waals surface area (Å²) < 4.78 is 0.